The molecule has 1 N–H and O–H groups in total. The van der Waals surface area contributed by atoms with Crippen molar-refractivity contribution in [2.45, 2.75) is 30.4 Å². The Kier molecular flexibility index (Phi) is 6.29. The molecule has 4 rings (SSSR count). The normalized spacial score (nSPS) is 13.5. The zero-order valence-electron chi connectivity index (χ0n) is 17.2. The Morgan fingerprint density at radius 3 is 2.68 bits per heavy atom. The molecule has 3 aromatic rings. The van der Waals surface area contributed by atoms with Crippen molar-refractivity contribution in [2.75, 3.05) is 22.8 Å². The van der Waals surface area contributed by atoms with Gasteiger partial charge < -0.3 is 10.1 Å². The van der Waals surface area contributed by atoms with E-state index >= 15 is 0 Å². The molecule has 0 aliphatic carbocycles. The first-order valence-corrected chi connectivity index (χ1v) is 12.5. The van der Waals surface area contributed by atoms with E-state index in [4.69, 9.17) is 4.74 Å². The third kappa shape index (κ3) is 4.75. The number of amides is 1. The second-order valence-corrected chi connectivity index (χ2v) is 10.3. The lowest BCUT2D eigenvalue weighted by molar-refractivity contribution is -0.115. The van der Waals surface area contributed by atoms with Gasteiger partial charge >= 0.3 is 0 Å². The van der Waals surface area contributed by atoms with Crippen molar-refractivity contribution >= 4 is 38.6 Å². The van der Waals surface area contributed by atoms with Crippen LogP contribution in [0.5, 0.6) is 5.75 Å². The van der Waals surface area contributed by atoms with E-state index in [0.29, 0.717) is 28.7 Å². The first kappa shape index (κ1) is 21.4. The summed E-state index contributed by atoms with van der Waals surface area (Å²) in [5, 5.41) is 4.66. The van der Waals surface area contributed by atoms with E-state index in [1.165, 1.54) is 15.6 Å². The van der Waals surface area contributed by atoms with Gasteiger partial charge in [-0.15, -0.1) is 11.3 Å². The molecule has 0 unspecified atom stereocenters. The number of aryl methyl sites for hydroxylation is 1. The van der Waals surface area contributed by atoms with Crippen LogP contribution in [0.15, 0.2) is 64.2 Å². The summed E-state index contributed by atoms with van der Waals surface area (Å²) in [6, 6.07) is 16.3. The van der Waals surface area contributed by atoms with Gasteiger partial charge in [0.25, 0.3) is 10.0 Å². The number of carbonyl (C=O) groups is 1. The highest BCUT2D eigenvalue weighted by molar-refractivity contribution is 7.94. The molecule has 8 heteroatoms. The standard InChI is InChI=1S/C23H24N2O4S2/c1-2-29-20-11-7-17(8-12-20)15-22(26)24-19-10-9-18-5-3-13-25(21(18)16-19)31(27,28)23-6-4-14-30-23/h4,6-12,14,16H,2-3,5,13,15H2,1H3,(H,24,26). The van der Waals surface area contributed by atoms with Gasteiger partial charge in [0.1, 0.15) is 9.96 Å². The van der Waals surface area contributed by atoms with E-state index in [2.05, 4.69) is 5.32 Å². The zero-order valence-corrected chi connectivity index (χ0v) is 18.8. The fourth-order valence-electron chi connectivity index (χ4n) is 3.65. The van der Waals surface area contributed by atoms with Crippen LogP contribution in [0.25, 0.3) is 0 Å². The molecule has 1 amide bonds. The number of benzene rings is 2. The quantitative estimate of drug-likeness (QED) is 0.569. The summed E-state index contributed by atoms with van der Waals surface area (Å²) in [5.41, 5.74) is 3.07. The Labute approximate surface area is 186 Å². The summed E-state index contributed by atoms with van der Waals surface area (Å²) in [4.78, 5) is 12.6. The number of nitrogens with one attached hydrogen (secondary N) is 1. The topological polar surface area (TPSA) is 75.7 Å². The molecule has 0 bridgehead atoms. The van der Waals surface area contributed by atoms with Crippen LogP contribution in [0.1, 0.15) is 24.5 Å². The average Bonchev–Trinajstić information content (AvgIpc) is 3.31. The Morgan fingerprint density at radius 1 is 1.16 bits per heavy atom. The van der Waals surface area contributed by atoms with Crippen molar-refractivity contribution in [3.05, 3.63) is 71.1 Å². The molecular formula is C23H24N2O4S2. The van der Waals surface area contributed by atoms with Gasteiger partial charge in [0.2, 0.25) is 5.91 Å². The average molecular weight is 457 g/mol. The third-order valence-electron chi connectivity index (χ3n) is 5.08. The van der Waals surface area contributed by atoms with Gasteiger partial charge in [-0.25, -0.2) is 8.42 Å². The molecule has 2 heterocycles. The van der Waals surface area contributed by atoms with E-state index in [9.17, 15) is 13.2 Å². The maximum absolute atomic E-state index is 13.1. The summed E-state index contributed by atoms with van der Waals surface area (Å²) in [5.74, 6) is 0.612. The molecule has 0 spiro atoms. The van der Waals surface area contributed by atoms with Crippen LogP contribution < -0.4 is 14.4 Å². The molecule has 162 valence electrons. The second kappa shape index (κ2) is 9.11. The predicted octanol–water partition coefficient (Wildman–Crippen LogP) is 4.47. The van der Waals surface area contributed by atoms with Crippen molar-refractivity contribution in [1.29, 1.82) is 0 Å². The lowest BCUT2D eigenvalue weighted by Gasteiger charge is -2.30. The number of rotatable bonds is 7. The molecule has 1 aliphatic heterocycles. The van der Waals surface area contributed by atoms with E-state index in [0.717, 1.165) is 29.7 Å². The van der Waals surface area contributed by atoms with Crippen molar-refractivity contribution in [1.82, 2.24) is 0 Å². The number of ether oxygens (including phenoxy) is 1. The van der Waals surface area contributed by atoms with E-state index in [1.807, 2.05) is 43.3 Å². The van der Waals surface area contributed by atoms with Gasteiger partial charge in [-0.3, -0.25) is 9.10 Å². The number of fused-ring (bicyclic) bond motifs is 1. The molecule has 0 saturated carbocycles. The number of hydrogen-bond acceptors (Lipinski definition) is 5. The molecule has 6 nitrogen and oxygen atoms in total. The van der Waals surface area contributed by atoms with Crippen LogP contribution in [-0.4, -0.2) is 27.5 Å². The Hall–Kier alpha value is -2.84. The third-order valence-corrected chi connectivity index (χ3v) is 8.27. The molecule has 31 heavy (non-hydrogen) atoms. The van der Waals surface area contributed by atoms with Gasteiger partial charge in [-0.05, 0) is 66.6 Å². The Morgan fingerprint density at radius 2 is 1.97 bits per heavy atom. The summed E-state index contributed by atoms with van der Waals surface area (Å²) in [6.07, 6.45) is 1.80. The fraction of sp³-hybridized carbons (Fsp3) is 0.261. The Balaban J connectivity index is 1.51. The largest absolute Gasteiger partial charge is 0.494 e. The van der Waals surface area contributed by atoms with E-state index < -0.39 is 10.0 Å². The number of nitrogens with zero attached hydrogens (tertiary/aromatic N) is 1. The number of sulfonamides is 1. The minimum absolute atomic E-state index is 0.160. The van der Waals surface area contributed by atoms with Crippen LogP contribution in [-0.2, 0) is 27.7 Å². The molecule has 1 aliphatic rings. The fourth-order valence-corrected chi connectivity index (χ4v) is 6.29. The first-order chi connectivity index (χ1) is 15.0. The highest BCUT2D eigenvalue weighted by Gasteiger charge is 2.30. The smallest absolute Gasteiger partial charge is 0.273 e. The van der Waals surface area contributed by atoms with Gasteiger partial charge in [-0.1, -0.05) is 24.3 Å². The number of hydrogen-bond donors (Lipinski definition) is 1. The lowest BCUT2D eigenvalue weighted by Crippen LogP contribution is -2.35. The minimum atomic E-state index is -3.61. The predicted molar refractivity (Wildman–Crippen MR) is 124 cm³/mol. The highest BCUT2D eigenvalue weighted by atomic mass is 32.2. The molecule has 0 atom stereocenters. The second-order valence-electron chi connectivity index (χ2n) is 7.26. The monoisotopic (exact) mass is 456 g/mol. The van der Waals surface area contributed by atoms with Gasteiger partial charge in [-0.2, -0.15) is 0 Å². The van der Waals surface area contributed by atoms with Crippen molar-refractivity contribution < 1.29 is 17.9 Å². The van der Waals surface area contributed by atoms with Gasteiger partial charge in [0.15, 0.2) is 0 Å². The molecule has 1 aromatic heterocycles. The van der Waals surface area contributed by atoms with Crippen molar-refractivity contribution in [3.63, 3.8) is 0 Å². The van der Waals surface area contributed by atoms with Crippen LogP contribution in [0.3, 0.4) is 0 Å². The summed E-state index contributed by atoms with van der Waals surface area (Å²) < 4.78 is 33.4. The van der Waals surface area contributed by atoms with E-state index in [-0.39, 0.29) is 12.3 Å². The number of carbonyl (C=O) groups excluding carboxylic acids is 1. The molecule has 0 fully saturated rings. The lowest BCUT2D eigenvalue weighted by atomic mass is 10.0. The molecule has 0 saturated heterocycles. The summed E-state index contributed by atoms with van der Waals surface area (Å²) >= 11 is 1.21. The summed E-state index contributed by atoms with van der Waals surface area (Å²) in [7, 11) is -3.61. The maximum Gasteiger partial charge on any atom is 0.273 e. The molecule has 0 radical (unpaired) electrons. The SMILES string of the molecule is CCOc1ccc(CC(=O)Nc2ccc3c(c2)N(S(=O)(=O)c2cccs2)CCC3)cc1. The van der Waals surface area contributed by atoms with Crippen molar-refractivity contribution in [2.24, 2.45) is 0 Å². The van der Waals surface area contributed by atoms with E-state index in [1.54, 1.807) is 23.6 Å². The minimum Gasteiger partial charge on any atom is -0.494 e. The van der Waals surface area contributed by atoms with Crippen LogP contribution >= 0.6 is 11.3 Å². The Bertz CT molecular complexity index is 1160. The van der Waals surface area contributed by atoms with Gasteiger partial charge in [0, 0.05) is 12.2 Å². The van der Waals surface area contributed by atoms with Crippen molar-refractivity contribution in [3.8, 4) is 5.75 Å². The molecular weight excluding hydrogens is 432 g/mol. The zero-order chi connectivity index (χ0) is 21.8. The van der Waals surface area contributed by atoms with Crippen LogP contribution in [0.4, 0.5) is 11.4 Å². The number of thiophene rings is 1. The van der Waals surface area contributed by atoms with Gasteiger partial charge in [0.05, 0.1) is 18.7 Å². The molecule has 2 aromatic carbocycles. The number of anilines is 2. The summed E-state index contributed by atoms with van der Waals surface area (Å²) in [6.45, 7) is 2.95. The van der Waals surface area contributed by atoms with Crippen LogP contribution in [0, 0.1) is 0 Å². The first-order valence-electron chi connectivity index (χ1n) is 10.2. The van der Waals surface area contributed by atoms with Crippen LogP contribution in [0.2, 0.25) is 0 Å². The highest BCUT2D eigenvalue weighted by Crippen LogP contribution is 2.35. The maximum atomic E-state index is 13.1.